The summed E-state index contributed by atoms with van der Waals surface area (Å²) >= 11 is 1.35. The number of primary amides is 1. The lowest BCUT2D eigenvalue weighted by molar-refractivity contribution is -0.133. The van der Waals surface area contributed by atoms with Crippen LogP contribution in [0.2, 0.25) is 0 Å². The molecular formula is C19H26N4O4S. The SMILES string of the molecule is CCCCC1(C)NC(=O)N(CC(=O)Nc2sc3c(c2C(N)=O)CCCC3)C1=O. The van der Waals surface area contributed by atoms with E-state index in [4.69, 9.17) is 5.73 Å². The first-order chi connectivity index (χ1) is 13.3. The molecule has 152 valence electrons. The number of unbranched alkanes of at least 4 members (excludes halogenated alkanes) is 1. The molecule has 0 saturated carbocycles. The molecule has 2 aliphatic rings. The molecule has 3 rings (SSSR count). The predicted molar refractivity (Wildman–Crippen MR) is 106 cm³/mol. The molecular weight excluding hydrogens is 380 g/mol. The lowest BCUT2D eigenvalue weighted by Crippen LogP contribution is -2.44. The number of nitrogens with zero attached hydrogens (tertiary/aromatic N) is 1. The quantitative estimate of drug-likeness (QED) is 0.601. The smallest absolute Gasteiger partial charge is 0.325 e. The Balaban J connectivity index is 1.73. The summed E-state index contributed by atoms with van der Waals surface area (Å²) in [6.07, 6.45) is 5.87. The Bertz CT molecular complexity index is 834. The summed E-state index contributed by atoms with van der Waals surface area (Å²) in [4.78, 5) is 51.3. The Morgan fingerprint density at radius 1 is 1.29 bits per heavy atom. The minimum Gasteiger partial charge on any atom is -0.365 e. The Morgan fingerprint density at radius 3 is 2.68 bits per heavy atom. The van der Waals surface area contributed by atoms with E-state index in [0.29, 0.717) is 17.0 Å². The van der Waals surface area contributed by atoms with E-state index < -0.39 is 35.8 Å². The third-order valence-corrected chi connectivity index (χ3v) is 6.56. The van der Waals surface area contributed by atoms with Crippen molar-refractivity contribution < 1.29 is 19.2 Å². The van der Waals surface area contributed by atoms with Crippen LogP contribution in [0.3, 0.4) is 0 Å². The van der Waals surface area contributed by atoms with Crippen LogP contribution in [0, 0.1) is 0 Å². The summed E-state index contributed by atoms with van der Waals surface area (Å²) in [5, 5.41) is 5.79. The summed E-state index contributed by atoms with van der Waals surface area (Å²) in [6.45, 7) is 3.29. The molecule has 1 aromatic rings. The minimum absolute atomic E-state index is 0.359. The largest absolute Gasteiger partial charge is 0.365 e. The number of nitrogens with one attached hydrogen (secondary N) is 2. The number of anilines is 1. The average Bonchev–Trinajstić information content (AvgIpc) is 3.10. The van der Waals surface area contributed by atoms with Crippen molar-refractivity contribution in [2.75, 3.05) is 11.9 Å². The highest BCUT2D eigenvalue weighted by Gasteiger charge is 2.47. The summed E-state index contributed by atoms with van der Waals surface area (Å²) in [6, 6.07) is -0.570. The molecule has 5 amide bonds. The number of carbonyl (C=O) groups is 4. The third-order valence-electron chi connectivity index (χ3n) is 5.35. The zero-order valence-corrected chi connectivity index (χ0v) is 17.0. The number of hydrogen-bond acceptors (Lipinski definition) is 5. The van der Waals surface area contributed by atoms with Gasteiger partial charge in [0, 0.05) is 4.88 Å². The molecule has 1 aliphatic carbocycles. The second kappa shape index (κ2) is 7.90. The first-order valence-corrected chi connectivity index (χ1v) is 10.5. The summed E-state index contributed by atoms with van der Waals surface area (Å²) in [7, 11) is 0. The van der Waals surface area contributed by atoms with Crippen LogP contribution in [-0.2, 0) is 22.4 Å². The molecule has 0 spiro atoms. The highest BCUT2D eigenvalue weighted by molar-refractivity contribution is 7.17. The van der Waals surface area contributed by atoms with Crippen LogP contribution < -0.4 is 16.4 Å². The number of thiophene rings is 1. The van der Waals surface area contributed by atoms with Crippen LogP contribution in [0.15, 0.2) is 0 Å². The first-order valence-electron chi connectivity index (χ1n) is 9.65. The van der Waals surface area contributed by atoms with Crippen molar-refractivity contribution in [3.63, 3.8) is 0 Å². The predicted octanol–water partition coefficient (Wildman–Crippen LogP) is 2.17. The van der Waals surface area contributed by atoms with Gasteiger partial charge in [-0.1, -0.05) is 19.8 Å². The summed E-state index contributed by atoms with van der Waals surface area (Å²) in [5.41, 5.74) is 5.84. The van der Waals surface area contributed by atoms with Crippen molar-refractivity contribution in [3.05, 3.63) is 16.0 Å². The van der Waals surface area contributed by atoms with Gasteiger partial charge in [0.1, 0.15) is 17.1 Å². The number of nitrogens with two attached hydrogens (primary N) is 1. The van der Waals surface area contributed by atoms with Crippen molar-refractivity contribution in [1.82, 2.24) is 10.2 Å². The molecule has 8 nitrogen and oxygen atoms in total. The van der Waals surface area contributed by atoms with E-state index in [1.165, 1.54) is 11.3 Å². The number of rotatable bonds is 7. The van der Waals surface area contributed by atoms with E-state index in [0.717, 1.165) is 53.9 Å². The topological polar surface area (TPSA) is 122 Å². The molecule has 1 fully saturated rings. The molecule has 2 heterocycles. The van der Waals surface area contributed by atoms with Gasteiger partial charge in [0.15, 0.2) is 0 Å². The molecule has 0 radical (unpaired) electrons. The number of aryl methyl sites for hydroxylation is 1. The fourth-order valence-electron chi connectivity index (χ4n) is 3.81. The highest BCUT2D eigenvalue weighted by atomic mass is 32.1. The van der Waals surface area contributed by atoms with E-state index in [1.807, 2.05) is 6.92 Å². The maximum absolute atomic E-state index is 12.7. The van der Waals surface area contributed by atoms with Crippen LogP contribution in [0.25, 0.3) is 0 Å². The van der Waals surface area contributed by atoms with Crippen molar-refractivity contribution in [3.8, 4) is 0 Å². The van der Waals surface area contributed by atoms with E-state index in [2.05, 4.69) is 10.6 Å². The van der Waals surface area contributed by atoms with Gasteiger partial charge in [-0.3, -0.25) is 19.3 Å². The van der Waals surface area contributed by atoms with E-state index in [1.54, 1.807) is 6.92 Å². The Kier molecular flexibility index (Phi) is 5.74. The fourth-order valence-corrected chi connectivity index (χ4v) is 5.13. The maximum atomic E-state index is 12.7. The molecule has 1 atom stereocenters. The average molecular weight is 407 g/mol. The normalized spacial score (nSPS) is 21.4. The van der Waals surface area contributed by atoms with Crippen LogP contribution in [0.1, 0.15) is 66.8 Å². The van der Waals surface area contributed by atoms with Gasteiger partial charge in [-0.25, -0.2) is 4.79 Å². The van der Waals surface area contributed by atoms with E-state index >= 15 is 0 Å². The van der Waals surface area contributed by atoms with E-state index in [-0.39, 0.29) is 0 Å². The molecule has 1 saturated heterocycles. The first kappa shape index (κ1) is 20.3. The van der Waals surface area contributed by atoms with Gasteiger partial charge in [-0.15, -0.1) is 11.3 Å². The minimum atomic E-state index is -0.978. The van der Waals surface area contributed by atoms with Crippen LogP contribution in [0.4, 0.5) is 9.80 Å². The molecule has 1 unspecified atom stereocenters. The third kappa shape index (κ3) is 3.76. The number of imide groups is 1. The van der Waals surface area contributed by atoms with Gasteiger partial charge in [-0.2, -0.15) is 0 Å². The van der Waals surface area contributed by atoms with Gasteiger partial charge in [0.2, 0.25) is 5.91 Å². The van der Waals surface area contributed by atoms with Gasteiger partial charge in [0.05, 0.1) is 5.56 Å². The lowest BCUT2D eigenvalue weighted by Gasteiger charge is -2.21. The van der Waals surface area contributed by atoms with Gasteiger partial charge >= 0.3 is 6.03 Å². The molecule has 0 aromatic carbocycles. The molecule has 9 heteroatoms. The zero-order valence-electron chi connectivity index (χ0n) is 16.2. The standard InChI is InChI=1S/C19H26N4O4S/c1-3-4-9-19(2)17(26)23(18(27)22-19)10-13(24)21-16-14(15(20)25)11-7-5-6-8-12(11)28-16/h3-10H2,1-2H3,(H2,20,25)(H,21,24)(H,22,27). The monoisotopic (exact) mass is 406 g/mol. The summed E-state index contributed by atoms with van der Waals surface area (Å²) < 4.78 is 0. The molecule has 28 heavy (non-hydrogen) atoms. The summed E-state index contributed by atoms with van der Waals surface area (Å²) in [5.74, 6) is -1.50. The van der Waals surface area contributed by atoms with E-state index in [9.17, 15) is 19.2 Å². The van der Waals surface area contributed by atoms with Crippen molar-refractivity contribution in [2.45, 2.75) is 64.3 Å². The van der Waals surface area contributed by atoms with Crippen LogP contribution in [0.5, 0.6) is 0 Å². The number of urea groups is 1. The van der Waals surface area contributed by atoms with Crippen molar-refractivity contribution in [2.24, 2.45) is 5.73 Å². The maximum Gasteiger partial charge on any atom is 0.325 e. The van der Waals surface area contributed by atoms with Crippen molar-refractivity contribution >= 4 is 40.1 Å². The van der Waals surface area contributed by atoms with Crippen molar-refractivity contribution in [1.29, 1.82) is 0 Å². The second-order valence-electron chi connectivity index (χ2n) is 7.58. The van der Waals surface area contributed by atoms with Gasteiger partial charge < -0.3 is 16.4 Å². The Labute approximate surface area is 167 Å². The fraction of sp³-hybridized carbons (Fsp3) is 0.579. The highest BCUT2D eigenvalue weighted by Crippen LogP contribution is 2.38. The van der Waals surface area contributed by atoms with Gasteiger partial charge in [-0.05, 0) is 44.6 Å². The number of amides is 5. The number of fused-ring (bicyclic) bond motifs is 1. The molecule has 0 bridgehead atoms. The number of carbonyl (C=O) groups excluding carboxylic acids is 4. The lowest BCUT2D eigenvalue weighted by atomic mass is 9.95. The molecule has 1 aliphatic heterocycles. The second-order valence-corrected chi connectivity index (χ2v) is 8.69. The Hall–Kier alpha value is -2.42. The molecule has 1 aromatic heterocycles. The Morgan fingerprint density at radius 2 is 2.00 bits per heavy atom. The van der Waals surface area contributed by atoms with Crippen LogP contribution in [-0.4, -0.2) is 40.7 Å². The number of hydrogen-bond donors (Lipinski definition) is 3. The zero-order chi connectivity index (χ0) is 20.5. The molecule has 4 N–H and O–H groups in total. The van der Waals surface area contributed by atoms with Gasteiger partial charge in [0.25, 0.3) is 11.8 Å². The van der Waals surface area contributed by atoms with Crippen LogP contribution >= 0.6 is 11.3 Å².